The number of aliphatic hydroxyl groups is 1. The molecule has 0 aliphatic carbocycles. The lowest BCUT2D eigenvalue weighted by molar-refractivity contribution is -0.00664. The number of morpholine rings is 1. The molecule has 2 saturated heterocycles. The summed E-state index contributed by atoms with van der Waals surface area (Å²) in [6, 6.07) is 0.674. The molecule has 0 aromatic rings. The molecule has 2 heterocycles. The molecular formula is C16H32N2O2. The highest BCUT2D eigenvalue weighted by Gasteiger charge is 2.29. The molecule has 20 heavy (non-hydrogen) atoms. The predicted molar refractivity (Wildman–Crippen MR) is 81.9 cm³/mol. The van der Waals surface area contributed by atoms with Crippen LogP contribution in [-0.2, 0) is 4.74 Å². The van der Waals surface area contributed by atoms with Gasteiger partial charge in [0.1, 0.15) is 0 Å². The maximum Gasteiger partial charge on any atom is 0.0793 e. The van der Waals surface area contributed by atoms with Crippen molar-refractivity contribution in [2.45, 2.75) is 51.7 Å². The highest BCUT2D eigenvalue weighted by Crippen LogP contribution is 2.26. The van der Waals surface area contributed by atoms with Gasteiger partial charge >= 0.3 is 0 Å². The summed E-state index contributed by atoms with van der Waals surface area (Å²) in [6.45, 7) is 11.0. The minimum absolute atomic E-state index is 0.224. The number of hydrogen-bond acceptors (Lipinski definition) is 4. The Hall–Kier alpha value is -0.160. The van der Waals surface area contributed by atoms with Gasteiger partial charge in [-0.2, -0.15) is 0 Å². The standard InChI is InChI=1S/C16H32N2O2/c1-3-5-16-14(2)6-4-7-18(16)13-15(19)12-17-8-10-20-11-9-17/h14-16,19H,3-13H2,1-2H3. The van der Waals surface area contributed by atoms with Crippen molar-refractivity contribution in [2.75, 3.05) is 45.9 Å². The summed E-state index contributed by atoms with van der Waals surface area (Å²) in [5, 5.41) is 10.4. The second-order valence-electron chi connectivity index (χ2n) is 6.54. The predicted octanol–water partition coefficient (Wildman–Crippen LogP) is 1.58. The fourth-order valence-corrected chi connectivity index (χ4v) is 3.73. The van der Waals surface area contributed by atoms with Crippen LogP contribution in [0.2, 0.25) is 0 Å². The Kier molecular flexibility index (Phi) is 6.75. The third kappa shape index (κ3) is 4.69. The molecule has 2 rings (SSSR count). The smallest absolute Gasteiger partial charge is 0.0793 e. The fourth-order valence-electron chi connectivity index (χ4n) is 3.73. The van der Waals surface area contributed by atoms with Gasteiger partial charge in [0.2, 0.25) is 0 Å². The van der Waals surface area contributed by atoms with E-state index in [1.165, 1.54) is 25.7 Å². The summed E-state index contributed by atoms with van der Waals surface area (Å²) in [7, 11) is 0. The van der Waals surface area contributed by atoms with Crippen LogP contribution in [0.5, 0.6) is 0 Å². The van der Waals surface area contributed by atoms with Gasteiger partial charge in [-0.3, -0.25) is 9.80 Å². The minimum Gasteiger partial charge on any atom is -0.390 e. The van der Waals surface area contributed by atoms with Crippen LogP contribution >= 0.6 is 0 Å². The highest BCUT2D eigenvalue weighted by atomic mass is 16.5. The zero-order chi connectivity index (χ0) is 14.4. The first-order chi connectivity index (χ1) is 9.70. The van der Waals surface area contributed by atoms with Gasteiger partial charge in [0.25, 0.3) is 0 Å². The van der Waals surface area contributed by atoms with Crippen molar-refractivity contribution in [3.8, 4) is 0 Å². The van der Waals surface area contributed by atoms with Crippen LogP contribution in [0.25, 0.3) is 0 Å². The van der Waals surface area contributed by atoms with E-state index in [0.717, 1.165) is 51.9 Å². The summed E-state index contributed by atoms with van der Waals surface area (Å²) < 4.78 is 5.36. The lowest BCUT2D eigenvalue weighted by Gasteiger charge is -2.41. The maximum absolute atomic E-state index is 10.4. The van der Waals surface area contributed by atoms with Crippen molar-refractivity contribution < 1.29 is 9.84 Å². The van der Waals surface area contributed by atoms with Gasteiger partial charge < -0.3 is 9.84 Å². The maximum atomic E-state index is 10.4. The Bertz CT molecular complexity index is 269. The van der Waals surface area contributed by atoms with E-state index in [1.54, 1.807) is 0 Å². The van der Waals surface area contributed by atoms with E-state index in [1.807, 2.05) is 0 Å². The van der Waals surface area contributed by atoms with Crippen molar-refractivity contribution in [2.24, 2.45) is 5.92 Å². The van der Waals surface area contributed by atoms with Crippen LogP contribution in [0, 0.1) is 5.92 Å². The molecule has 0 saturated carbocycles. The Morgan fingerprint density at radius 2 is 1.95 bits per heavy atom. The summed E-state index contributed by atoms with van der Waals surface area (Å²) in [4.78, 5) is 4.87. The second-order valence-corrected chi connectivity index (χ2v) is 6.54. The molecule has 2 fully saturated rings. The fraction of sp³-hybridized carbons (Fsp3) is 1.00. The van der Waals surface area contributed by atoms with Crippen LogP contribution in [0.4, 0.5) is 0 Å². The summed E-state index contributed by atoms with van der Waals surface area (Å²) >= 11 is 0. The van der Waals surface area contributed by atoms with E-state index >= 15 is 0 Å². The zero-order valence-electron chi connectivity index (χ0n) is 13.3. The monoisotopic (exact) mass is 284 g/mol. The second kappa shape index (κ2) is 8.32. The molecule has 4 heteroatoms. The van der Waals surface area contributed by atoms with Crippen LogP contribution in [0.1, 0.15) is 39.5 Å². The lowest BCUT2D eigenvalue weighted by atomic mass is 9.88. The number of likely N-dealkylation sites (tertiary alicyclic amines) is 1. The highest BCUT2D eigenvalue weighted by molar-refractivity contribution is 4.84. The topological polar surface area (TPSA) is 35.9 Å². The SMILES string of the molecule is CCCC1C(C)CCCN1CC(O)CN1CCOCC1. The Morgan fingerprint density at radius 1 is 1.20 bits per heavy atom. The van der Waals surface area contributed by atoms with Crippen molar-refractivity contribution in [1.82, 2.24) is 9.80 Å². The molecule has 118 valence electrons. The van der Waals surface area contributed by atoms with Gasteiger partial charge in [0.15, 0.2) is 0 Å². The largest absolute Gasteiger partial charge is 0.390 e. The number of nitrogens with zero attached hydrogens (tertiary/aromatic N) is 2. The molecule has 4 nitrogen and oxygen atoms in total. The number of aliphatic hydroxyl groups excluding tert-OH is 1. The van der Waals surface area contributed by atoms with Gasteiger partial charge in [-0.25, -0.2) is 0 Å². The number of rotatable bonds is 6. The molecule has 0 amide bonds. The van der Waals surface area contributed by atoms with Crippen LogP contribution in [-0.4, -0.2) is 73.0 Å². The van der Waals surface area contributed by atoms with Crippen molar-refractivity contribution in [1.29, 1.82) is 0 Å². The third-order valence-electron chi connectivity index (χ3n) is 4.83. The summed E-state index contributed by atoms with van der Waals surface area (Å²) in [5.41, 5.74) is 0. The van der Waals surface area contributed by atoms with Gasteiger partial charge in [-0.1, -0.05) is 20.3 Å². The van der Waals surface area contributed by atoms with Gasteiger partial charge in [-0.15, -0.1) is 0 Å². The molecule has 3 unspecified atom stereocenters. The van der Waals surface area contributed by atoms with Crippen molar-refractivity contribution in [3.05, 3.63) is 0 Å². The van der Waals surface area contributed by atoms with Gasteiger partial charge in [-0.05, 0) is 31.7 Å². The average molecular weight is 284 g/mol. The number of β-amino-alcohol motifs (C(OH)–C–C–N with tert-alkyl or cyclic N) is 1. The number of piperidine rings is 1. The summed E-state index contributed by atoms with van der Waals surface area (Å²) in [5.74, 6) is 0.777. The molecule has 2 aliphatic heterocycles. The van der Waals surface area contributed by atoms with Crippen LogP contribution in [0.3, 0.4) is 0 Å². The van der Waals surface area contributed by atoms with E-state index in [2.05, 4.69) is 23.6 Å². The molecule has 0 bridgehead atoms. The van der Waals surface area contributed by atoms with Crippen molar-refractivity contribution >= 4 is 0 Å². The van der Waals surface area contributed by atoms with Gasteiger partial charge in [0, 0.05) is 32.2 Å². The molecule has 0 aromatic heterocycles. The normalized spacial score (nSPS) is 31.4. The van der Waals surface area contributed by atoms with E-state index in [0.29, 0.717) is 6.04 Å². The first-order valence-electron chi connectivity index (χ1n) is 8.43. The molecule has 2 aliphatic rings. The minimum atomic E-state index is -0.224. The van der Waals surface area contributed by atoms with Crippen LogP contribution < -0.4 is 0 Å². The van der Waals surface area contributed by atoms with Crippen molar-refractivity contribution in [3.63, 3.8) is 0 Å². The number of hydrogen-bond donors (Lipinski definition) is 1. The van der Waals surface area contributed by atoms with E-state index < -0.39 is 0 Å². The Morgan fingerprint density at radius 3 is 2.65 bits per heavy atom. The molecule has 1 N–H and O–H groups in total. The van der Waals surface area contributed by atoms with E-state index in [4.69, 9.17) is 4.74 Å². The van der Waals surface area contributed by atoms with Gasteiger partial charge in [0.05, 0.1) is 19.3 Å². The lowest BCUT2D eigenvalue weighted by Crippen LogP contribution is -2.50. The molecule has 0 aromatic carbocycles. The van der Waals surface area contributed by atoms with Crippen LogP contribution in [0.15, 0.2) is 0 Å². The number of ether oxygens (including phenoxy) is 1. The Labute approximate surface area is 124 Å². The Balaban J connectivity index is 1.79. The molecular weight excluding hydrogens is 252 g/mol. The zero-order valence-corrected chi connectivity index (χ0v) is 13.3. The third-order valence-corrected chi connectivity index (χ3v) is 4.83. The molecule has 0 radical (unpaired) electrons. The van der Waals surface area contributed by atoms with E-state index in [9.17, 15) is 5.11 Å². The molecule has 3 atom stereocenters. The first kappa shape index (κ1) is 16.2. The first-order valence-corrected chi connectivity index (χ1v) is 8.43. The molecule has 0 spiro atoms. The quantitative estimate of drug-likeness (QED) is 0.803. The average Bonchev–Trinajstić information content (AvgIpc) is 2.44. The summed E-state index contributed by atoms with van der Waals surface area (Å²) in [6.07, 6.45) is 4.92. The van der Waals surface area contributed by atoms with E-state index in [-0.39, 0.29) is 6.10 Å².